The summed E-state index contributed by atoms with van der Waals surface area (Å²) in [5.74, 6) is -0.344. The highest BCUT2D eigenvalue weighted by atomic mass is 16.5. The number of amides is 1. The van der Waals surface area contributed by atoms with Crippen molar-refractivity contribution >= 4 is 11.9 Å². The molecule has 162 valence electrons. The van der Waals surface area contributed by atoms with Crippen LogP contribution in [-0.4, -0.2) is 52.6 Å². The molecule has 2 aliphatic rings. The zero-order valence-corrected chi connectivity index (χ0v) is 17.8. The van der Waals surface area contributed by atoms with Crippen LogP contribution >= 0.6 is 0 Å². The molecule has 0 unspecified atom stereocenters. The molecule has 30 heavy (non-hydrogen) atoms. The predicted molar refractivity (Wildman–Crippen MR) is 110 cm³/mol. The van der Waals surface area contributed by atoms with Gasteiger partial charge in [-0.25, -0.2) is 4.79 Å². The molecule has 4 heterocycles. The van der Waals surface area contributed by atoms with Gasteiger partial charge in [0.1, 0.15) is 5.69 Å². The summed E-state index contributed by atoms with van der Waals surface area (Å²) in [4.78, 5) is 25.0. The van der Waals surface area contributed by atoms with Crippen LogP contribution in [0.25, 0.3) is 0 Å². The first-order valence-electron chi connectivity index (χ1n) is 10.8. The van der Waals surface area contributed by atoms with Gasteiger partial charge in [-0.15, -0.1) is 0 Å². The van der Waals surface area contributed by atoms with Crippen molar-refractivity contribution in [2.24, 2.45) is 12.5 Å². The lowest BCUT2D eigenvalue weighted by Crippen LogP contribution is -2.40. The normalized spacial score (nSPS) is 18.0. The minimum atomic E-state index is -0.323. The van der Waals surface area contributed by atoms with E-state index < -0.39 is 0 Å². The third-order valence-electron chi connectivity index (χ3n) is 6.31. The Balaban J connectivity index is 1.47. The fraction of sp³-hybridized carbons (Fsp3) is 0.591. The van der Waals surface area contributed by atoms with Gasteiger partial charge >= 0.3 is 5.97 Å². The standard InChI is InChI=1S/C22H30N4O4/c1-3-16-19-18(14-22(15-23-20(19)27)7-12-29-13-8-22)26(24-16)10-5-11-30-21(28)17-6-4-9-25(17)2/h4,6,9H,3,5,7-8,10-15H2,1-2H3,(H,23,27). The molecule has 1 saturated heterocycles. The van der Waals surface area contributed by atoms with Gasteiger partial charge < -0.3 is 19.4 Å². The van der Waals surface area contributed by atoms with Crippen LogP contribution in [0.15, 0.2) is 18.3 Å². The number of rotatable bonds is 6. The monoisotopic (exact) mass is 414 g/mol. The van der Waals surface area contributed by atoms with E-state index in [1.54, 1.807) is 10.6 Å². The molecule has 0 bridgehead atoms. The molecule has 1 spiro atoms. The Bertz CT molecular complexity index is 924. The number of nitrogens with zero attached hydrogens (tertiary/aromatic N) is 3. The molecular formula is C22H30N4O4. The van der Waals surface area contributed by atoms with E-state index in [9.17, 15) is 9.59 Å². The van der Waals surface area contributed by atoms with E-state index >= 15 is 0 Å². The first-order chi connectivity index (χ1) is 14.5. The number of aryl methyl sites for hydroxylation is 3. The summed E-state index contributed by atoms with van der Waals surface area (Å²) >= 11 is 0. The Morgan fingerprint density at radius 3 is 2.87 bits per heavy atom. The van der Waals surface area contributed by atoms with E-state index in [4.69, 9.17) is 14.6 Å². The van der Waals surface area contributed by atoms with Crippen molar-refractivity contribution < 1.29 is 19.1 Å². The molecule has 8 nitrogen and oxygen atoms in total. The number of ether oxygens (including phenoxy) is 2. The predicted octanol–water partition coefficient (Wildman–Crippen LogP) is 2.11. The Morgan fingerprint density at radius 2 is 2.17 bits per heavy atom. The molecule has 0 radical (unpaired) electrons. The average molecular weight is 415 g/mol. The lowest BCUT2D eigenvalue weighted by atomic mass is 9.76. The third-order valence-corrected chi connectivity index (χ3v) is 6.31. The summed E-state index contributed by atoms with van der Waals surface area (Å²) in [7, 11) is 1.82. The van der Waals surface area contributed by atoms with Gasteiger partial charge in [-0.2, -0.15) is 5.10 Å². The Morgan fingerprint density at radius 1 is 1.37 bits per heavy atom. The molecule has 2 aromatic heterocycles. The smallest absolute Gasteiger partial charge is 0.354 e. The van der Waals surface area contributed by atoms with Crippen molar-refractivity contribution in [3.63, 3.8) is 0 Å². The number of hydrogen-bond donors (Lipinski definition) is 1. The second kappa shape index (κ2) is 8.63. The molecule has 0 saturated carbocycles. The number of fused-ring (bicyclic) bond motifs is 1. The van der Waals surface area contributed by atoms with E-state index in [0.29, 0.717) is 38.2 Å². The molecule has 1 amide bonds. The third kappa shape index (κ3) is 4.01. The highest BCUT2D eigenvalue weighted by Crippen LogP contribution is 2.37. The quantitative estimate of drug-likeness (QED) is 0.578. The number of aromatic nitrogens is 3. The van der Waals surface area contributed by atoms with Gasteiger partial charge in [0, 0.05) is 46.0 Å². The number of carbonyl (C=O) groups excluding carboxylic acids is 2. The van der Waals surface area contributed by atoms with Crippen LogP contribution in [0.2, 0.25) is 0 Å². The molecule has 1 N–H and O–H groups in total. The Kier molecular flexibility index (Phi) is 5.94. The molecule has 4 rings (SSSR count). The minimum Gasteiger partial charge on any atom is -0.461 e. The summed E-state index contributed by atoms with van der Waals surface area (Å²) in [5, 5.41) is 7.87. The largest absolute Gasteiger partial charge is 0.461 e. The zero-order valence-electron chi connectivity index (χ0n) is 17.8. The Hall–Kier alpha value is -2.61. The second-order valence-corrected chi connectivity index (χ2v) is 8.31. The van der Waals surface area contributed by atoms with E-state index in [2.05, 4.69) is 5.32 Å². The number of hydrogen-bond acceptors (Lipinski definition) is 5. The van der Waals surface area contributed by atoms with Crippen molar-refractivity contribution in [3.8, 4) is 0 Å². The fourth-order valence-corrected chi connectivity index (χ4v) is 4.48. The van der Waals surface area contributed by atoms with Gasteiger partial charge in [-0.1, -0.05) is 6.92 Å². The van der Waals surface area contributed by atoms with Gasteiger partial charge in [0.05, 0.1) is 23.6 Å². The minimum absolute atomic E-state index is 0.0217. The van der Waals surface area contributed by atoms with Crippen LogP contribution in [0, 0.1) is 5.41 Å². The molecular weight excluding hydrogens is 384 g/mol. The molecule has 0 aromatic carbocycles. The van der Waals surface area contributed by atoms with Gasteiger partial charge in [-0.3, -0.25) is 9.48 Å². The maximum absolute atomic E-state index is 12.8. The van der Waals surface area contributed by atoms with Crippen molar-refractivity contribution in [2.45, 2.75) is 45.6 Å². The van der Waals surface area contributed by atoms with Crippen molar-refractivity contribution in [2.75, 3.05) is 26.4 Å². The zero-order chi connectivity index (χ0) is 21.1. The summed E-state index contributed by atoms with van der Waals surface area (Å²) in [6.07, 6.45) is 5.87. The maximum Gasteiger partial charge on any atom is 0.354 e. The van der Waals surface area contributed by atoms with Crippen LogP contribution in [0.4, 0.5) is 0 Å². The molecule has 1 fully saturated rings. The van der Waals surface area contributed by atoms with Gasteiger partial charge in [0.25, 0.3) is 5.91 Å². The number of esters is 1. The average Bonchev–Trinajstić information content (AvgIpc) is 3.29. The number of carbonyl (C=O) groups is 2. The lowest BCUT2D eigenvalue weighted by Gasteiger charge is -2.36. The molecule has 8 heteroatoms. The van der Waals surface area contributed by atoms with Crippen LogP contribution in [0.1, 0.15) is 58.4 Å². The summed E-state index contributed by atoms with van der Waals surface area (Å²) in [5.41, 5.74) is 3.15. The van der Waals surface area contributed by atoms with Crippen molar-refractivity contribution in [1.82, 2.24) is 19.7 Å². The first-order valence-corrected chi connectivity index (χ1v) is 10.8. The highest BCUT2D eigenvalue weighted by molar-refractivity contribution is 5.97. The highest BCUT2D eigenvalue weighted by Gasteiger charge is 2.39. The Labute approximate surface area is 176 Å². The van der Waals surface area contributed by atoms with E-state index in [1.165, 1.54) is 0 Å². The van der Waals surface area contributed by atoms with Crippen molar-refractivity contribution in [1.29, 1.82) is 0 Å². The van der Waals surface area contributed by atoms with Crippen LogP contribution in [0.3, 0.4) is 0 Å². The SMILES string of the molecule is CCc1nn(CCCOC(=O)c2cccn2C)c2c1C(=O)NCC1(CCOCC1)C2. The maximum atomic E-state index is 12.8. The lowest BCUT2D eigenvalue weighted by molar-refractivity contribution is 0.0152. The molecule has 2 aliphatic heterocycles. The molecule has 2 aromatic rings. The van der Waals surface area contributed by atoms with E-state index in [1.807, 2.05) is 30.9 Å². The molecule has 0 aliphatic carbocycles. The van der Waals surface area contributed by atoms with Gasteiger partial charge in [-0.05, 0) is 43.2 Å². The summed E-state index contributed by atoms with van der Waals surface area (Å²) in [6, 6.07) is 3.56. The van der Waals surface area contributed by atoms with E-state index in [0.717, 1.165) is 49.4 Å². The van der Waals surface area contributed by atoms with Gasteiger partial charge in [0.15, 0.2) is 0 Å². The summed E-state index contributed by atoms with van der Waals surface area (Å²) < 4.78 is 14.7. The molecule has 0 atom stereocenters. The first kappa shape index (κ1) is 20.7. The topological polar surface area (TPSA) is 87.4 Å². The second-order valence-electron chi connectivity index (χ2n) is 8.31. The van der Waals surface area contributed by atoms with Crippen LogP contribution < -0.4 is 5.32 Å². The summed E-state index contributed by atoms with van der Waals surface area (Å²) in [6.45, 7) is 5.09. The van der Waals surface area contributed by atoms with E-state index in [-0.39, 0.29) is 17.3 Å². The number of nitrogens with one attached hydrogen (secondary N) is 1. The van der Waals surface area contributed by atoms with Gasteiger partial charge in [0.2, 0.25) is 0 Å². The fourth-order valence-electron chi connectivity index (χ4n) is 4.48. The van der Waals surface area contributed by atoms with Crippen LogP contribution in [-0.2, 0) is 35.9 Å². The van der Waals surface area contributed by atoms with Crippen LogP contribution in [0.5, 0.6) is 0 Å². The van der Waals surface area contributed by atoms with Crippen molar-refractivity contribution in [3.05, 3.63) is 41.0 Å².